The van der Waals surface area contributed by atoms with Crippen molar-refractivity contribution in [1.29, 1.82) is 0 Å². The van der Waals surface area contributed by atoms with Crippen molar-refractivity contribution >= 4 is 5.91 Å². The maximum atomic E-state index is 13.1. The van der Waals surface area contributed by atoms with E-state index in [9.17, 15) is 4.79 Å². The molecule has 0 saturated carbocycles. The van der Waals surface area contributed by atoms with E-state index in [1.165, 1.54) is 11.1 Å². The van der Waals surface area contributed by atoms with Gasteiger partial charge in [0.25, 0.3) is 0 Å². The van der Waals surface area contributed by atoms with Crippen molar-refractivity contribution in [2.75, 3.05) is 26.8 Å². The van der Waals surface area contributed by atoms with Crippen LogP contribution in [0.15, 0.2) is 48.5 Å². The molecular weight excluding hydrogens is 362 g/mol. The highest BCUT2D eigenvalue weighted by atomic mass is 16.5. The van der Waals surface area contributed by atoms with Crippen LogP contribution in [0.1, 0.15) is 49.1 Å². The molecule has 1 saturated heterocycles. The summed E-state index contributed by atoms with van der Waals surface area (Å²) in [6.07, 6.45) is 6.13. The minimum absolute atomic E-state index is 0.295. The van der Waals surface area contributed by atoms with E-state index in [0.29, 0.717) is 30.8 Å². The SMILES string of the molecule is COc1ccc2c(c1)CCCC2CC(=O)N1CCCC(COc2ccccc2)C1. The van der Waals surface area contributed by atoms with Crippen LogP contribution in [0.3, 0.4) is 0 Å². The molecule has 1 amide bonds. The summed E-state index contributed by atoms with van der Waals surface area (Å²) < 4.78 is 11.3. The fourth-order valence-electron chi connectivity index (χ4n) is 4.73. The first-order chi connectivity index (χ1) is 14.2. The van der Waals surface area contributed by atoms with E-state index >= 15 is 0 Å². The van der Waals surface area contributed by atoms with Crippen LogP contribution in [0.25, 0.3) is 0 Å². The van der Waals surface area contributed by atoms with Crippen LogP contribution in [-0.4, -0.2) is 37.6 Å². The molecule has 2 aromatic rings. The molecule has 0 spiro atoms. The lowest BCUT2D eigenvalue weighted by Crippen LogP contribution is -2.42. The summed E-state index contributed by atoms with van der Waals surface area (Å²) in [6, 6.07) is 16.3. The van der Waals surface area contributed by atoms with Gasteiger partial charge in [-0.15, -0.1) is 0 Å². The third kappa shape index (κ3) is 4.92. The second-order valence-electron chi connectivity index (χ2n) is 8.33. The third-order valence-corrected chi connectivity index (χ3v) is 6.31. The summed E-state index contributed by atoms with van der Waals surface area (Å²) in [5, 5.41) is 0. The van der Waals surface area contributed by atoms with E-state index in [1.807, 2.05) is 36.4 Å². The first kappa shape index (κ1) is 19.8. The van der Waals surface area contributed by atoms with Crippen LogP contribution in [0.2, 0.25) is 0 Å². The van der Waals surface area contributed by atoms with Crippen LogP contribution in [0.4, 0.5) is 0 Å². The third-order valence-electron chi connectivity index (χ3n) is 6.31. The Balaban J connectivity index is 1.34. The lowest BCUT2D eigenvalue weighted by molar-refractivity contribution is -0.133. The van der Waals surface area contributed by atoms with E-state index in [4.69, 9.17) is 9.47 Å². The lowest BCUT2D eigenvalue weighted by atomic mass is 9.80. The fraction of sp³-hybridized carbons (Fsp3) is 0.480. The van der Waals surface area contributed by atoms with Crippen molar-refractivity contribution < 1.29 is 14.3 Å². The molecule has 4 heteroatoms. The number of para-hydroxylation sites is 1. The average molecular weight is 394 g/mol. The summed E-state index contributed by atoms with van der Waals surface area (Å²) in [6.45, 7) is 2.37. The topological polar surface area (TPSA) is 38.8 Å². The number of methoxy groups -OCH3 is 1. The number of fused-ring (bicyclic) bond motifs is 1. The number of hydrogen-bond acceptors (Lipinski definition) is 3. The zero-order valence-electron chi connectivity index (χ0n) is 17.3. The molecule has 0 bridgehead atoms. The van der Waals surface area contributed by atoms with Gasteiger partial charge in [0.15, 0.2) is 0 Å². The molecule has 1 heterocycles. The van der Waals surface area contributed by atoms with Crippen molar-refractivity contribution in [3.8, 4) is 11.5 Å². The van der Waals surface area contributed by atoms with Crippen LogP contribution in [-0.2, 0) is 11.2 Å². The minimum atomic E-state index is 0.295. The number of piperidine rings is 1. The van der Waals surface area contributed by atoms with E-state index in [0.717, 1.165) is 56.7 Å². The number of carbonyl (C=O) groups excluding carboxylic acids is 1. The maximum absolute atomic E-state index is 13.1. The highest BCUT2D eigenvalue weighted by molar-refractivity contribution is 5.77. The Morgan fingerprint density at radius 2 is 1.93 bits per heavy atom. The van der Waals surface area contributed by atoms with Gasteiger partial charge in [-0.2, -0.15) is 0 Å². The number of likely N-dealkylation sites (tertiary alicyclic amines) is 1. The summed E-state index contributed by atoms with van der Waals surface area (Å²) in [5.41, 5.74) is 2.69. The van der Waals surface area contributed by atoms with Crippen molar-refractivity contribution in [2.24, 2.45) is 5.92 Å². The van der Waals surface area contributed by atoms with Gasteiger partial charge < -0.3 is 14.4 Å². The molecule has 2 unspecified atom stereocenters. The first-order valence-corrected chi connectivity index (χ1v) is 10.9. The second-order valence-corrected chi connectivity index (χ2v) is 8.33. The molecule has 1 fully saturated rings. The van der Waals surface area contributed by atoms with Gasteiger partial charge in [0.1, 0.15) is 11.5 Å². The van der Waals surface area contributed by atoms with Crippen molar-refractivity contribution in [3.05, 3.63) is 59.7 Å². The van der Waals surface area contributed by atoms with Gasteiger partial charge in [-0.3, -0.25) is 4.79 Å². The second kappa shape index (κ2) is 9.34. The number of benzene rings is 2. The Morgan fingerprint density at radius 1 is 1.07 bits per heavy atom. The van der Waals surface area contributed by atoms with Gasteiger partial charge in [0, 0.05) is 25.4 Å². The molecular formula is C25H31NO3. The quantitative estimate of drug-likeness (QED) is 0.706. The molecule has 1 aliphatic carbocycles. The van der Waals surface area contributed by atoms with Gasteiger partial charge >= 0.3 is 0 Å². The summed E-state index contributed by atoms with van der Waals surface area (Å²) >= 11 is 0. The first-order valence-electron chi connectivity index (χ1n) is 10.9. The summed E-state index contributed by atoms with van der Waals surface area (Å²) in [5.74, 6) is 2.86. The molecule has 29 heavy (non-hydrogen) atoms. The number of aryl methyl sites for hydroxylation is 1. The van der Waals surface area contributed by atoms with Gasteiger partial charge in [-0.05, 0) is 73.4 Å². The number of hydrogen-bond donors (Lipinski definition) is 0. The van der Waals surface area contributed by atoms with Gasteiger partial charge in [-0.1, -0.05) is 24.3 Å². The van der Waals surface area contributed by atoms with E-state index < -0.39 is 0 Å². The molecule has 2 atom stereocenters. The standard InChI is InChI=1S/C25H31NO3/c1-28-23-12-13-24-20(15-23)8-5-9-21(24)16-25(27)26-14-6-7-19(17-26)18-29-22-10-3-2-4-11-22/h2-4,10-13,15,19,21H,5-9,14,16-18H2,1H3. The van der Waals surface area contributed by atoms with Crippen LogP contribution in [0, 0.1) is 5.92 Å². The van der Waals surface area contributed by atoms with Gasteiger partial charge in [-0.25, -0.2) is 0 Å². The highest BCUT2D eigenvalue weighted by Crippen LogP contribution is 2.36. The maximum Gasteiger partial charge on any atom is 0.223 e. The highest BCUT2D eigenvalue weighted by Gasteiger charge is 2.28. The Bertz CT molecular complexity index is 820. The molecule has 154 valence electrons. The molecule has 1 aliphatic heterocycles. The van der Waals surface area contributed by atoms with Crippen molar-refractivity contribution in [2.45, 2.75) is 44.4 Å². The Morgan fingerprint density at radius 3 is 2.76 bits per heavy atom. The number of carbonyl (C=O) groups is 1. The van der Waals surface area contributed by atoms with Crippen LogP contribution in [0.5, 0.6) is 11.5 Å². The molecule has 4 nitrogen and oxygen atoms in total. The average Bonchev–Trinajstić information content (AvgIpc) is 2.78. The van der Waals surface area contributed by atoms with Gasteiger partial charge in [0.05, 0.1) is 13.7 Å². The lowest BCUT2D eigenvalue weighted by Gasteiger charge is -2.34. The molecule has 0 N–H and O–H groups in total. The van der Waals surface area contributed by atoms with Crippen LogP contribution >= 0.6 is 0 Å². The largest absolute Gasteiger partial charge is 0.497 e. The van der Waals surface area contributed by atoms with E-state index in [-0.39, 0.29) is 0 Å². The van der Waals surface area contributed by atoms with E-state index in [2.05, 4.69) is 17.0 Å². The monoisotopic (exact) mass is 393 g/mol. The normalized spacial score (nSPS) is 21.3. The zero-order valence-corrected chi connectivity index (χ0v) is 17.3. The predicted molar refractivity (Wildman–Crippen MR) is 115 cm³/mol. The van der Waals surface area contributed by atoms with Crippen molar-refractivity contribution in [1.82, 2.24) is 4.90 Å². The zero-order chi connectivity index (χ0) is 20.1. The molecule has 0 aromatic heterocycles. The molecule has 2 aromatic carbocycles. The summed E-state index contributed by atoms with van der Waals surface area (Å²) in [7, 11) is 1.71. The fourth-order valence-corrected chi connectivity index (χ4v) is 4.73. The van der Waals surface area contributed by atoms with Crippen molar-refractivity contribution in [3.63, 3.8) is 0 Å². The smallest absolute Gasteiger partial charge is 0.223 e. The van der Waals surface area contributed by atoms with Gasteiger partial charge in [0.2, 0.25) is 5.91 Å². The van der Waals surface area contributed by atoms with Crippen LogP contribution < -0.4 is 9.47 Å². The Labute approximate surface area is 173 Å². The molecule has 0 radical (unpaired) electrons. The number of ether oxygens (including phenoxy) is 2. The number of amides is 1. The predicted octanol–water partition coefficient (Wildman–Crippen LogP) is 4.82. The molecule has 4 rings (SSSR count). The Kier molecular flexibility index (Phi) is 6.38. The Hall–Kier alpha value is -2.49. The van der Waals surface area contributed by atoms with E-state index in [1.54, 1.807) is 7.11 Å². The number of nitrogens with zero attached hydrogens (tertiary/aromatic N) is 1. The summed E-state index contributed by atoms with van der Waals surface area (Å²) in [4.78, 5) is 15.1. The molecule has 2 aliphatic rings. The minimum Gasteiger partial charge on any atom is -0.497 e. The number of rotatable bonds is 6.